The molecule has 31 heavy (non-hydrogen) atoms. The van der Waals surface area contributed by atoms with E-state index in [1.807, 2.05) is 29.6 Å². The molecule has 1 saturated heterocycles. The number of benzene rings is 1. The first-order chi connectivity index (χ1) is 15.2. The molecule has 1 aliphatic heterocycles. The van der Waals surface area contributed by atoms with E-state index in [9.17, 15) is 4.79 Å². The van der Waals surface area contributed by atoms with E-state index in [1.165, 1.54) is 11.3 Å². The molecule has 1 atom stereocenters. The Bertz CT molecular complexity index is 1190. The second-order valence-corrected chi connectivity index (χ2v) is 7.78. The predicted molar refractivity (Wildman–Crippen MR) is 111 cm³/mol. The molecule has 4 aromatic rings. The molecule has 1 fully saturated rings. The number of hydrogen-bond donors (Lipinski definition) is 1. The van der Waals surface area contributed by atoms with Gasteiger partial charge in [0.05, 0.1) is 23.8 Å². The van der Waals surface area contributed by atoms with Crippen LogP contribution in [0.2, 0.25) is 0 Å². The lowest BCUT2D eigenvalue weighted by Gasteiger charge is -2.33. The van der Waals surface area contributed by atoms with Crippen LogP contribution in [0, 0.1) is 6.92 Å². The quantitative estimate of drug-likeness (QED) is 0.516. The minimum atomic E-state index is -0.472. The Morgan fingerprint density at radius 2 is 2.23 bits per heavy atom. The zero-order chi connectivity index (χ0) is 21.2. The molecule has 0 aliphatic carbocycles. The van der Waals surface area contributed by atoms with Gasteiger partial charge in [0.15, 0.2) is 5.82 Å². The fraction of sp³-hybridized carbons (Fsp3) is 0.263. The van der Waals surface area contributed by atoms with Crippen molar-refractivity contribution in [2.45, 2.75) is 13.0 Å². The van der Waals surface area contributed by atoms with Crippen LogP contribution in [0.15, 0.2) is 46.3 Å². The Kier molecular flexibility index (Phi) is 5.14. The second kappa shape index (κ2) is 8.24. The maximum atomic E-state index is 13.1. The van der Waals surface area contributed by atoms with E-state index in [4.69, 9.17) is 9.26 Å². The third-order valence-corrected chi connectivity index (χ3v) is 5.69. The number of aryl methyl sites for hydroxylation is 1. The lowest BCUT2D eigenvalue weighted by Crippen LogP contribution is -2.45. The van der Waals surface area contributed by atoms with Gasteiger partial charge in [0.2, 0.25) is 5.82 Å². The van der Waals surface area contributed by atoms with Gasteiger partial charge in [-0.2, -0.15) is 9.67 Å². The number of aromatic nitrogens is 6. The van der Waals surface area contributed by atoms with Crippen LogP contribution in [0.1, 0.15) is 17.8 Å². The highest BCUT2D eigenvalue weighted by molar-refractivity contribution is 7.13. The van der Waals surface area contributed by atoms with E-state index in [1.54, 1.807) is 28.6 Å². The molecular weight excluding hydrogens is 420 g/mol. The van der Waals surface area contributed by atoms with E-state index in [2.05, 4.69) is 31.0 Å². The Labute approximate surface area is 180 Å². The number of thiophene rings is 1. The number of nitrogens with one attached hydrogen (secondary N) is 1. The minimum absolute atomic E-state index is 0.281. The second-order valence-electron chi connectivity index (χ2n) is 6.84. The van der Waals surface area contributed by atoms with E-state index in [-0.39, 0.29) is 12.6 Å². The molecule has 4 heterocycles. The molecule has 158 valence electrons. The molecule has 11 nitrogen and oxygen atoms in total. The van der Waals surface area contributed by atoms with Crippen LogP contribution in [0.4, 0.5) is 10.5 Å². The van der Waals surface area contributed by atoms with Crippen LogP contribution >= 0.6 is 11.3 Å². The SMILES string of the molecule is Cc1nnnn1-c1cccc(NC(=O)N2CCOCC2c2nc(-c3cccs3)no2)c1. The van der Waals surface area contributed by atoms with Gasteiger partial charge in [-0.15, -0.1) is 16.4 Å². The summed E-state index contributed by atoms with van der Waals surface area (Å²) in [5, 5.41) is 20.4. The standard InChI is InChI=1S/C19H18N8O3S/c1-12-22-24-25-27(12)14-5-2-4-13(10-14)20-19(28)26-7-8-29-11-15(26)18-21-17(23-30-18)16-6-3-9-31-16/h2-6,9-10,15H,7-8,11H2,1H3,(H,20,28). The predicted octanol–water partition coefficient (Wildman–Crippen LogP) is 2.69. The van der Waals surface area contributed by atoms with Crippen molar-refractivity contribution in [2.75, 3.05) is 25.1 Å². The average Bonchev–Trinajstić information content (AvgIpc) is 3.55. The number of anilines is 1. The Morgan fingerprint density at radius 3 is 3.03 bits per heavy atom. The largest absolute Gasteiger partial charge is 0.377 e. The van der Waals surface area contributed by atoms with Crippen LogP contribution in [0.3, 0.4) is 0 Å². The van der Waals surface area contributed by atoms with Crippen molar-refractivity contribution in [3.8, 4) is 16.4 Å². The maximum absolute atomic E-state index is 13.1. The van der Waals surface area contributed by atoms with Crippen molar-refractivity contribution in [3.05, 3.63) is 53.5 Å². The van der Waals surface area contributed by atoms with Crippen LogP contribution in [-0.4, -0.2) is 61.0 Å². The number of morpholine rings is 1. The third-order valence-electron chi connectivity index (χ3n) is 4.83. The smallest absolute Gasteiger partial charge is 0.322 e. The summed E-state index contributed by atoms with van der Waals surface area (Å²) in [5.41, 5.74) is 1.36. The first-order valence-corrected chi connectivity index (χ1v) is 10.5. The number of hydrogen-bond acceptors (Lipinski definition) is 9. The number of ether oxygens (including phenoxy) is 1. The van der Waals surface area contributed by atoms with Crippen LogP contribution in [0.25, 0.3) is 16.4 Å². The summed E-state index contributed by atoms with van der Waals surface area (Å²) in [4.78, 5) is 20.1. The Morgan fingerprint density at radius 1 is 1.29 bits per heavy atom. The number of rotatable bonds is 4. The van der Waals surface area contributed by atoms with E-state index in [0.717, 1.165) is 10.6 Å². The van der Waals surface area contributed by atoms with Crippen molar-refractivity contribution in [2.24, 2.45) is 0 Å². The molecule has 0 saturated carbocycles. The Balaban J connectivity index is 1.35. The topological polar surface area (TPSA) is 124 Å². The molecule has 3 aromatic heterocycles. The number of amides is 2. The highest BCUT2D eigenvalue weighted by atomic mass is 32.1. The molecule has 1 N–H and O–H groups in total. The minimum Gasteiger partial charge on any atom is -0.377 e. The van der Waals surface area contributed by atoms with Crippen LogP contribution < -0.4 is 5.32 Å². The van der Waals surface area contributed by atoms with Gasteiger partial charge < -0.3 is 19.5 Å². The fourth-order valence-corrected chi connectivity index (χ4v) is 3.96. The molecule has 1 unspecified atom stereocenters. The van der Waals surface area contributed by atoms with E-state index in [0.29, 0.717) is 36.4 Å². The summed E-state index contributed by atoms with van der Waals surface area (Å²) in [7, 11) is 0. The normalized spacial score (nSPS) is 16.4. The lowest BCUT2D eigenvalue weighted by atomic mass is 10.2. The molecule has 1 aromatic carbocycles. The fourth-order valence-electron chi connectivity index (χ4n) is 3.31. The van der Waals surface area contributed by atoms with Crippen LogP contribution in [-0.2, 0) is 4.74 Å². The third kappa shape index (κ3) is 3.90. The number of tetrazole rings is 1. The zero-order valence-corrected chi connectivity index (χ0v) is 17.3. The summed E-state index contributed by atoms with van der Waals surface area (Å²) in [6.07, 6.45) is 0. The Hall–Kier alpha value is -3.64. The molecule has 2 amide bonds. The highest BCUT2D eigenvalue weighted by Gasteiger charge is 2.33. The van der Waals surface area contributed by atoms with Gasteiger partial charge in [-0.3, -0.25) is 0 Å². The summed E-state index contributed by atoms with van der Waals surface area (Å²) < 4.78 is 12.6. The van der Waals surface area contributed by atoms with E-state index >= 15 is 0 Å². The summed E-state index contributed by atoms with van der Waals surface area (Å²) >= 11 is 1.52. The molecule has 5 rings (SSSR count). The zero-order valence-electron chi connectivity index (χ0n) is 16.5. The van der Waals surface area contributed by atoms with Gasteiger partial charge >= 0.3 is 6.03 Å². The van der Waals surface area contributed by atoms with Crippen molar-refractivity contribution in [1.82, 2.24) is 35.2 Å². The molecule has 0 radical (unpaired) electrons. The summed E-state index contributed by atoms with van der Waals surface area (Å²) in [5.74, 6) is 1.49. The van der Waals surface area contributed by atoms with E-state index < -0.39 is 6.04 Å². The first kappa shape index (κ1) is 19.3. The number of carbonyl (C=O) groups is 1. The van der Waals surface area contributed by atoms with Crippen molar-refractivity contribution < 1.29 is 14.1 Å². The molecule has 0 bridgehead atoms. The molecule has 0 spiro atoms. The summed E-state index contributed by atoms with van der Waals surface area (Å²) in [6.45, 7) is 2.92. The van der Waals surface area contributed by atoms with Gasteiger partial charge in [-0.05, 0) is 47.0 Å². The van der Waals surface area contributed by atoms with Gasteiger partial charge in [-0.25, -0.2) is 4.79 Å². The first-order valence-electron chi connectivity index (χ1n) is 9.57. The van der Waals surface area contributed by atoms with Gasteiger partial charge in [0.25, 0.3) is 5.89 Å². The highest BCUT2D eigenvalue weighted by Crippen LogP contribution is 2.28. The van der Waals surface area contributed by atoms with Crippen LogP contribution in [0.5, 0.6) is 0 Å². The number of urea groups is 1. The van der Waals surface area contributed by atoms with Crippen molar-refractivity contribution >= 4 is 23.1 Å². The van der Waals surface area contributed by atoms with Gasteiger partial charge in [-0.1, -0.05) is 17.3 Å². The molecular formula is C19H18N8O3S. The molecule has 12 heteroatoms. The average molecular weight is 438 g/mol. The van der Waals surface area contributed by atoms with Gasteiger partial charge in [0.1, 0.15) is 6.04 Å². The number of nitrogens with zero attached hydrogens (tertiary/aromatic N) is 7. The van der Waals surface area contributed by atoms with Crippen molar-refractivity contribution in [3.63, 3.8) is 0 Å². The summed E-state index contributed by atoms with van der Waals surface area (Å²) in [6, 6.07) is 10.4. The van der Waals surface area contributed by atoms with Gasteiger partial charge in [0, 0.05) is 12.2 Å². The maximum Gasteiger partial charge on any atom is 0.322 e. The number of carbonyl (C=O) groups excluding carboxylic acids is 1. The lowest BCUT2D eigenvalue weighted by molar-refractivity contribution is 0.00349. The molecule has 1 aliphatic rings. The van der Waals surface area contributed by atoms with Crippen molar-refractivity contribution in [1.29, 1.82) is 0 Å². The monoisotopic (exact) mass is 438 g/mol.